The summed E-state index contributed by atoms with van der Waals surface area (Å²) in [4.78, 5) is 4.33. The third-order valence-corrected chi connectivity index (χ3v) is 6.33. The maximum absolute atomic E-state index is 12.0. The van der Waals surface area contributed by atoms with Gasteiger partial charge in [0.1, 0.15) is 10.0 Å². The summed E-state index contributed by atoms with van der Waals surface area (Å²) < 4.78 is 29.4. The minimum atomic E-state index is -3.46. The van der Waals surface area contributed by atoms with E-state index < -0.39 is 10.0 Å². The Morgan fingerprint density at radius 2 is 2.25 bits per heavy atom. The number of aromatic nitrogens is 2. The second-order valence-corrected chi connectivity index (χ2v) is 8.42. The topological polar surface area (TPSA) is 64.0 Å². The lowest BCUT2D eigenvalue weighted by atomic mass is 10.4. The molecule has 0 amide bonds. The van der Waals surface area contributed by atoms with E-state index in [0.717, 1.165) is 17.2 Å². The Morgan fingerprint density at radius 3 is 2.90 bits per heavy atom. The number of hydrogen-bond donors (Lipinski definition) is 1. The zero-order valence-corrected chi connectivity index (χ0v) is 13.0. The van der Waals surface area contributed by atoms with E-state index in [-0.39, 0.29) is 4.21 Å². The van der Waals surface area contributed by atoms with Gasteiger partial charge in [-0.3, -0.25) is 0 Å². The molecule has 8 heteroatoms. The molecule has 1 aliphatic carbocycles. The molecule has 5 nitrogen and oxygen atoms in total. The Bertz CT molecular complexity index is 704. The second kappa shape index (κ2) is 5.48. The van der Waals surface area contributed by atoms with E-state index in [0.29, 0.717) is 23.3 Å². The number of nitrogens with one attached hydrogen (secondary N) is 1. The predicted molar refractivity (Wildman–Crippen MR) is 78.7 cm³/mol. The van der Waals surface area contributed by atoms with Gasteiger partial charge in [-0.15, -0.1) is 11.3 Å². The first-order chi connectivity index (χ1) is 9.56. The van der Waals surface area contributed by atoms with Gasteiger partial charge in [0, 0.05) is 31.4 Å². The fraction of sp³-hybridized carbons (Fsp3) is 0.417. The molecule has 0 aromatic carbocycles. The maximum atomic E-state index is 12.0. The lowest BCUT2D eigenvalue weighted by Crippen LogP contribution is -2.27. The second-order valence-electron chi connectivity index (χ2n) is 4.71. The molecule has 108 valence electrons. The monoisotopic (exact) mass is 331 g/mol. The van der Waals surface area contributed by atoms with Crippen molar-refractivity contribution in [3.63, 3.8) is 0 Å². The third-order valence-electron chi connectivity index (χ3n) is 3.15. The molecule has 0 atom stereocenters. The molecule has 1 aliphatic rings. The zero-order valence-electron chi connectivity index (χ0n) is 10.6. The minimum Gasteiger partial charge on any atom is -0.333 e. The summed E-state index contributed by atoms with van der Waals surface area (Å²) in [6.07, 6.45) is 6.01. The first-order valence-corrected chi connectivity index (χ1v) is 9.00. The van der Waals surface area contributed by atoms with Crippen LogP contribution in [0.4, 0.5) is 0 Å². The van der Waals surface area contributed by atoms with E-state index in [1.807, 2.05) is 10.8 Å². The molecule has 0 radical (unpaired) electrons. The van der Waals surface area contributed by atoms with Crippen molar-refractivity contribution in [1.82, 2.24) is 14.3 Å². The summed E-state index contributed by atoms with van der Waals surface area (Å²) in [6, 6.07) is 3.10. The summed E-state index contributed by atoms with van der Waals surface area (Å²) >= 11 is 6.81. The molecular formula is C12H14ClN3O2S2. The van der Waals surface area contributed by atoms with E-state index in [1.165, 1.54) is 18.9 Å². The van der Waals surface area contributed by atoms with Gasteiger partial charge in [-0.2, -0.15) is 0 Å². The van der Waals surface area contributed by atoms with E-state index in [1.54, 1.807) is 12.3 Å². The van der Waals surface area contributed by atoms with Gasteiger partial charge >= 0.3 is 0 Å². The molecule has 1 N–H and O–H groups in total. The average molecular weight is 332 g/mol. The van der Waals surface area contributed by atoms with Gasteiger partial charge in [-0.05, 0) is 25.0 Å². The molecule has 2 aromatic heterocycles. The maximum Gasteiger partial charge on any atom is 0.250 e. The van der Waals surface area contributed by atoms with Crippen LogP contribution in [0.25, 0.3) is 0 Å². The highest BCUT2D eigenvalue weighted by molar-refractivity contribution is 7.91. The summed E-state index contributed by atoms with van der Waals surface area (Å²) in [7, 11) is -3.46. The third kappa shape index (κ3) is 3.06. The van der Waals surface area contributed by atoms with Crippen LogP contribution in [0.5, 0.6) is 0 Å². The van der Waals surface area contributed by atoms with E-state index in [4.69, 9.17) is 11.6 Å². The average Bonchev–Trinajstić information content (AvgIpc) is 2.96. The minimum absolute atomic E-state index is 0.246. The molecule has 3 rings (SSSR count). The van der Waals surface area contributed by atoms with Crippen molar-refractivity contribution in [2.45, 2.75) is 29.5 Å². The van der Waals surface area contributed by atoms with Crippen molar-refractivity contribution < 1.29 is 8.42 Å². The Morgan fingerprint density at radius 1 is 1.45 bits per heavy atom. The Labute approximate surface area is 126 Å². The SMILES string of the molecule is O=S(=O)(NCCn1ccnc1C1CC1)c1ccc(Cl)s1. The lowest BCUT2D eigenvalue weighted by Gasteiger charge is -2.08. The van der Waals surface area contributed by atoms with Crippen molar-refractivity contribution in [2.75, 3.05) is 6.54 Å². The molecule has 1 saturated carbocycles. The summed E-state index contributed by atoms with van der Waals surface area (Å²) in [6.45, 7) is 0.929. The fourth-order valence-electron chi connectivity index (χ4n) is 2.02. The summed E-state index contributed by atoms with van der Waals surface area (Å²) in [5.41, 5.74) is 0. The van der Waals surface area contributed by atoms with Gasteiger partial charge in [0.2, 0.25) is 10.0 Å². The van der Waals surface area contributed by atoms with Gasteiger partial charge < -0.3 is 4.57 Å². The summed E-state index contributed by atoms with van der Waals surface area (Å²) in [5, 5.41) is 0. The molecule has 2 aromatic rings. The molecule has 0 saturated heterocycles. The van der Waals surface area contributed by atoms with Gasteiger partial charge in [0.05, 0.1) is 4.34 Å². The number of halogens is 1. The lowest BCUT2D eigenvalue weighted by molar-refractivity contribution is 0.571. The van der Waals surface area contributed by atoms with Crippen molar-refractivity contribution in [2.24, 2.45) is 0 Å². The van der Waals surface area contributed by atoms with Crippen molar-refractivity contribution >= 4 is 33.0 Å². The van der Waals surface area contributed by atoms with Gasteiger partial charge in [0.25, 0.3) is 0 Å². The van der Waals surface area contributed by atoms with Crippen LogP contribution >= 0.6 is 22.9 Å². The van der Waals surface area contributed by atoms with Crippen molar-refractivity contribution in [1.29, 1.82) is 0 Å². The van der Waals surface area contributed by atoms with Crippen molar-refractivity contribution in [3.05, 3.63) is 34.7 Å². The van der Waals surface area contributed by atoms with Gasteiger partial charge in [0.15, 0.2) is 0 Å². The smallest absolute Gasteiger partial charge is 0.250 e. The fourth-order valence-corrected chi connectivity index (χ4v) is 4.57. The van der Waals surface area contributed by atoms with E-state index in [9.17, 15) is 8.42 Å². The largest absolute Gasteiger partial charge is 0.333 e. The standard InChI is InChI=1S/C12H14ClN3O2S2/c13-10-3-4-11(19-10)20(17,18)15-6-8-16-7-5-14-12(16)9-1-2-9/h3-5,7,9,15H,1-2,6,8H2. The normalized spacial score (nSPS) is 15.7. The van der Waals surface area contributed by atoms with E-state index in [2.05, 4.69) is 9.71 Å². The molecule has 0 unspecified atom stereocenters. The van der Waals surface area contributed by atoms with Crippen molar-refractivity contribution in [3.8, 4) is 0 Å². The first kappa shape index (κ1) is 14.1. The van der Waals surface area contributed by atoms with Crippen LogP contribution in [0.1, 0.15) is 24.6 Å². The summed E-state index contributed by atoms with van der Waals surface area (Å²) in [5.74, 6) is 1.61. The number of nitrogens with zero attached hydrogens (tertiary/aromatic N) is 2. The Balaban J connectivity index is 1.60. The number of hydrogen-bond acceptors (Lipinski definition) is 4. The van der Waals surface area contributed by atoms with Crippen LogP contribution < -0.4 is 4.72 Å². The molecule has 0 aliphatic heterocycles. The van der Waals surface area contributed by atoms with Crippen LogP contribution in [0.2, 0.25) is 4.34 Å². The number of imidazole rings is 1. The van der Waals surface area contributed by atoms with Crippen LogP contribution in [0.3, 0.4) is 0 Å². The highest BCUT2D eigenvalue weighted by Gasteiger charge is 2.27. The molecule has 2 heterocycles. The number of rotatable bonds is 6. The highest BCUT2D eigenvalue weighted by atomic mass is 35.5. The zero-order chi connectivity index (χ0) is 14.2. The number of sulfonamides is 1. The van der Waals surface area contributed by atoms with Crippen LogP contribution in [-0.4, -0.2) is 24.5 Å². The van der Waals surface area contributed by atoms with Crippen LogP contribution in [-0.2, 0) is 16.6 Å². The molecule has 0 bridgehead atoms. The molecule has 20 heavy (non-hydrogen) atoms. The van der Waals surface area contributed by atoms with Crippen LogP contribution in [0.15, 0.2) is 28.7 Å². The first-order valence-electron chi connectivity index (χ1n) is 6.32. The molecule has 1 fully saturated rings. The van der Waals surface area contributed by atoms with E-state index >= 15 is 0 Å². The molecule has 0 spiro atoms. The quantitative estimate of drug-likeness (QED) is 0.884. The van der Waals surface area contributed by atoms with Crippen LogP contribution in [0, 0.1) is 0 Å². The Kier molecular flexibility index (Phi) is 3.85. The van der Waals surface area contributed by atoms with Gasteiger partial charge in [-0.1, -0.05) is 11.6 Å². The Hall–Kier alpha value is -0.890. The molecular weight excluding hydrogens is 318 g/mol. The number of thiophene rings is 1. The predicted octanol–water partition coefficient (Wildman–Crippen LogP) is 2.45. The highest BCUT2D eigenvalue weighted by Crippen LogP contribution is 2.38. The van der Waals surface area contributed by atoms with Gasteiger partial charge in [-0.25, -0.2) is 18.1 Å².